The van der Waals surface area contributed by atoms with E-state index in [4.69, 9.17) is 0 Å². The van der Waals surface area contributed by atoms with Crippen molar-refractivity contribution in [2.45, 2.75) is 39.8 Å². The van der Waals surface area contributed by atoms with Crippen LogP contribution in [-0.4, -0.2) is 58.7 Å². The Morgan fingerprint density at radius 2 is 2.12 bits per heavy atom. The SMILES string of the molecule is C=C1C(F)=CC(NC(=O)c2ccc(N3CCC(N(C)C)C3)c3cn(CC)nc23)=CN1C=C(C)C. The number of aromatic nitrogens is 2. The second-order valence-electron chi connectivity index (χ2n) is 9.32. The molecular formula is C26H33FN6O. The summed E-state index contributed by atoms with van der Waals surface area (Å²) in [5, 5.41) is 8.48. The number of carbonyl (C=O) groups is 1. The third-order valence-electron chi connectivity index (χ3n) is 6.31. The van der Waals surface area contributed by atoms with Crippen molar-refractivity contribution in [3.8, 4) is 0 Å². The van der Waals surface area contributed by atoms with Crippen LogP contribution in [0.1, 0.15) is 37.6 Å². The van der Waals surface area contributed by atoms with Crippen LogP contribution in [0.15, 0.2) is 66.2 Å². The van der Waals surface area contributed by atoms with E-state index in [0.717, 1.165) is 36.2 Å². The van der Waals surface area contributed by atoms with Crippen molar-refractivity contribution < 1.29 is 9.18 Å². The summed E-state index contributed by atoms with van der Waals surface area (Å²) in [7, 11) is 4.22. The predicted octanol–water partition coefficient (Wildman–Crippen LogP) is 4.37. The zero-order valence-electron chi connectivity index (χ0n) is 20.6. The molecule has 0 radical (unpaired) electrons. The van der Waals surface area contributed by atoms with Crippen LogP contribution in [-0.2, 0) is 6.54 Å². The Kier molecular flexibility index (Phi) is 6.61. The van der Waals surface area contributed by atoms with Crippen molar-refractivity contribution in [1.29, 1.82) is 0 Å². The Hall–Kier alpha value is -3.39. The van der Waals surface area contributed by atoms with E-state index >= 15 is 0 Å². The predicted molar refractivity (Wildman–Crippen MR) is 135 cm³/mol. The van der Waals surface area contributed by atoms with Gasteiger partial charge in [-0.15, -0.1) is 0 Å². The number of amides is 1. The molecule has 180 valence electrons. The van der Waals surface area contributed by atoms with Crippen LogP contribution in [0.5, 0.6) is 0 Å². The lowest BCUT2D eigenvalue weighted by Gasteiger charge is -2.24. The van der Waals surface area contributed by atoms with E-state index in [9.17, 15) is 9.18 Å². The molecule has 34 heavy (non-hydrogen) atoms. The van der Waals surface area contributed by atoms with E-state index in [1.165, 1.54) is 6.08 Å². The Labute approximate surface area is 200 Å². The number of hydrogen-bond acceptors (Lipinski definition) is 5. The Morgan fingerprint density at radius 3 is 2.76 bits per heavy atom. The van der Waals surface area contributed by atoms with Gasteiger partial charge in [0.2, 0.25) is 0 Å². The summed E-state index contributed by atoms with van der Waals surface area (Å²) >= 11 is 0. The largest absolute Gasteiger partial charge is 0.369 e. The van der Waals surface area contributed by atoms with Gasteiger partial charge in [0.25, 0.3) is 5.91 Å². The van der Waals surface area contributed by atoms with Crippen molar-refractivity contribution in [3.05, 3.63) is 71.7 Å². The van der Waals surface area contributed by atoms with Crippen molar-refractivity contribution >= 4 is 22.5 Å². The molecule has 2 aromatic rings. The third-order valence-corrected chi connectivity index (χ3v) is 6.31. The lowest BCUT2D eigenvalue weighted by molar-refractivity contribution is 0.0968. The zero-order chi connectivity index (χ0) is 24.6. The molecule has 4 rings (SSSR count). The van der Waals surface area contributed by atoms with Gasteiger partial charge in [-0.25, -0.2) is 4.39 Å². The van der Waals surface area contributed by atoms with Gasteiger partial charge in [0, 0.05) is 61.4 Å². The van der Waals surface area contributed by atoms with Gasteiger partial charge < -0.3 is 20.0 Å². The number of aryl methyl sites for hydroxylation is 1. The van der Waals surface area contributed by atoms with Crippen LogP contribution in [0.3, 0.4) is 0 Å². The first-order valence-corrected chi connectivity index (χ1v) is 11.6. The standard InChI is InChI=1S/C26H33FN6O/c1-7-33-16-22-24(31-11-10-20(15-31)30(5)6)9-8-21(25(22)29-33)26(34)28-19-12-23(27)18(4)32(14-19)13-17(2)3/h8-9,12-14,16,20H,4,7,10-11,15H2,1-3,5-6H3,(H,28,34). The zero-order valence-corrected chi connectivity index (χ0v) is 20.6. The van der Waals surface area contributed by atoms with Crippen LogP contribution in [0.2, 0.25) is 0 Å². The highest BCUT2D eigenvalue weighted by Gasteiger charge is 2.27. The molecule has 0 spiro atoms. The molecule has 1 atom stereocenters. The summed E-state index contributed by atoms with van der Waals surface area (Å²) in [5.74, 6) is -0.819. The van der Waals surface area contributed by atoms with Gasteiger partial charge >= 0.3 is 0 Å². The molecule has 1 unspecified atom stereocenters. The maximum atomic E-state index is 14.5. The lowest BCUT2D eigenvalue weighted by atomic mass is 10.1. The molecule has 3 heterocycles. The Bertz CT molecular complexity index is 1220. The average Bonchev–Trinajstić information content (AvgIpc) is 3.43. The van der Waals surface area contributed by atoms with E-state index in [1.54, 1.807) is 17.3 Å². The first-order valence-electron chi connectivity index (χ1n) is 11.6. The third kappa shape index (κ3) is 4.63. The van der Waals surface area contributed by atoms with E-state index in [0.29, 0.717) is 29.4 Å². The highest BCUT2D eigenvalue weighted by molar-refractivity contribution is 6.09. The quantitative estimate of drug-likeness (QED) is 0.688. The molecule has 1 N–H and O–H groups in total. The summed E-state index contributed by atoms with van der Waals surface area (Å²) in [6.07, 6.45) is 7.83. The van der Waals surface area contributed by atoms with E-state index in [-0.39, 0.29) is 11.6 Å². The second-order valence-corrected chi connectivity index (χ2v) is 9.32. The van der Waals surface area contributed by atoms with E-state index in [1.807, 2.05) is 43.8 Å². The molecule has 0 bridgehead atoms. The van der Waals surface area contributed by atoms with Gasteiger partial charge in [0.1, 0.15) is 11.3 Å². The number of nitrogens with one attached hydrogen (secondary N) is 1. The Morgan fingerprint density at radius 1 is 1.35 bits per heavy atom. The Balaban J connectivity index is 1.66. The molecule has 0 aliphatic carbocycles. The van der Waals surface area contributed by atoms with Crippen molar-refractivity contribution in [2.24, 2.45) is 0 Å². The summed E-state index contributed by atoms with van der Waals surface area (Å²) in [6.45, 7) is 12.2. The number of allylic oxidation sites excluding steroid dienone is 3. The average molecular weight is 465 g/mol. The second kappa shape index (κ2) is 9.46. The first-order chi connectivity index (χ1) is 16.2. The number of halogens is 1. The number of carbonyl (C=O) groups excluding carboxylic acids is 1. The van der Waals surface area contributed by atoms with Crippen molar-refractivity contribution in [2.75, 3.05) is 32.1 Å². The first kappa shape index (κ1) is 23.8. The molecule has 0 saturated carbocycles. The molecule has 1 aromatic heterocycles. The van der Waals surface area contributed by atoms with Crippen LogP contribution in [0.25, 0.3) is 10.9 Å². The molecule has 2 aliphatic rings. The highest BCUT2D eigenvalue weighted by Crippen LogP contribution is 2.32. The molecule has 7 nitrogen and oxygen atoms in total. The fraction of sp³-hybridized carbons (Fsp3) is 0.385. The van der Waals surface area contributed by atoms with Gasteiger partial charge in [-0.2, -0.15) is 5.10 Å². The number of likely N-dealkylation sites (N-methyl/N-ethyl adjacent to an activating group) is 1. The minimum absolute atomic E-state index is 0.231. The van der Waals surface area contributed by atoms with Crippen molar-refractivity contribution in [1.82, 2.24) is 24.9 Å². The lowest BCUT2D eigenvalue weighted by Crippen LogP contribution is -2.31. The highest BCUT2D eigenvalue weighted by atomic mass is 19.1. The number of benzene rings is 1. The number of hydrogen-bond donors (Lipinski definition) is 1. The van der Waals surface area contributed by atoms with Crippen LogP contribution >= 0.6 is 0 Å². The molecule has 8 heteroatoms. The summed E-state index contributed by atoms with van der Waals surface area (Å²) in [6, 6.07) is 4.32. The van der Waals surface area contributed by atoms with Gasteiger partial charge in [0.15, 0.2) is 0 Å². The smallest absolute Gasteiger partial charge is 0.257 e. The van der Waals surface area contributed by atoms with Crippen LogP contribution in [0, 0.1) is 0 Å². The fourth-order valence-electron chi connectivity index (χ4n) is 4.41. The fourth-order valence-corrected chi connectivity index (χ4v) is 4.41. The normalized spacial score (nSPS) is 18.4. The number of fused-ring (bicyclic) bond motifs is 1. The number of rotatable bonds is 6. The summed E-state index contributed by atoms with van der Waals surface area (Å²) < 4.78 is 16.3. The minimum atomic E-state index is -0.490. The monoisotopic (exact) mass is 464 g/mol. The topological polar surface area (TPSA) is 56.6 Å². The van der Waals surface area contributed by atoms with Crippen molar-refractivity contribution in [3.63, 3.8) is 0 Å². The van der Waals surface area contributed by atoms with Gasteiger partial charge in [0.05, 0.1) is 17.0 Å². The molecule has 1 saturated heterocycles. The molecule has 1 fully saturated rings. The number of anilines is 1. The molecule has 1 aromatic carbocycles. The molecule has 2 aliphatic heterocycles. The summed E-state index contributed by atoms with van der Waals surface area (Å²) in [5.41, 5.74) is 3.77. The number of nitrogens with zero attached hydrogens (tertiary/aromatic N) is 5. The van der Waals surface area contributed by atoms with Gasteiger partial charge in [-0.05, 0) is 53.4 Å². The molecule has 1 amide bonds. The van der Waals surface area contributed by atoms with Gasteiger partial charge in [-0.3, -0.25) is 9.48 Å². The maximum absolute atomic E-state index is 14.5. The maximum Gasteiger partial charge on any atom is 0.257 e. The van der Waals surface area contributed by atoms with Crippen LogP contribution in [0.4, 0.5) is 10.1 Å². The summed E-state index contributed by atoms with van der Waals surface area (Å²) in [4.78, 5) is 19.5. The van der Waals surface area contributed by atoms with Crippen LogP contribution < -0.4 is 10.2 Å². The van der Waals surface area contributed by atoms with Gasteiger partial charge in [-0.1, -0.05) is 12.2 Å². The molecular weight excluding hydrogens is 431 g/mol. The van der Waals surface area contributed by atoms with E-state index in [2.05, 4.69) is 40.9 Å². The minimum Gasteiger partial charge on any atom is -0.369 e. The van der Waals surface area contributed by atoms with E-state index < -0.39 is 5.83 Å².